The number of likely N-dealkylation sites (tertiary alicyclic amines) is 1. The van der Waals surface area contributed by atoms with E-state index in [1.54, 1.807) is 11.8 Å². The van der Waals surface area contributed by atoms with E-state index >= 15 is 0 Å². The highest BCUT2D eigenvalue weighted by Gasteiger charge is 2.37. The van der Waals surface area contributed by atoms with Crippen molar-refractivity contribution in [1.29, 1.82) is 0 Å². The van der Waals surface area contributed by atoms with Gasteiger partial charge >= 0.3 is 12.0 Å². The molecule has 1 heterocycles. The number of nitrogens with one attached hydrogen (secondary N) is 1. The van der Waals surface area contributed by atoms with Crippen LogP contribution < -0.4 is 5.32 Å². The van der Waals surface area contributed by atoms with Gasteiger partial charge in [-0.2, -0.15) is 0 Å². The molecule has 0 aromatic heterocycles. The van der Waals surface area contributed by atoms with Gasteiger partial charge < -0.3 is 15.3 Å². The minimum atomic E-state index is -0.844. The average Bonchev–Trinajstić information content (AvgIpc) is 2.30. The van der Waals surface area contributed by atoms with E-state index in [-0.39, 0.29) is 17.8 Å². The van der Waals surface area contributed by atoms with Crippen LogP contribution in [-0.2, 0) is 4.79 Å². The lowest BCUT2D eigenvalue weighted by molar-refractivity contribution is -0.144. The first-order chi connectivity index (χ1) is 9.38. The van der Waals surface area contributed by atoms with E-state index in [1.807, 2.05) is 22.6 Å². The van der Waals surface area contributed by atoms with Gasteiger partial charge in [-0.05, 0) is 40.8 Å². The third kappa shape index (κ3) is 3.20. The Balaban J connectivity index is 1.90. The highest BCUT2D eigenvalue weighted by molar-refractivity contribution is 14.1. The molecule has 7 heteroatoms. The second-order valence-corrected chi connectivity index (χ2v) is 6.01. The number of benzene rings is 1. The number of carbonyl (C=O) groups is 2. The van der Waals surface area contributed by atoms with Crippen LogP contribution in [0.4, 0.5) is 14.9 Å². The normalized spacial score (nSPS) is 16.4. The van der Waals surface area contributed by atoms with Gasteiger partial charge in [-0.3, -0.25) is 4.79 Å². The number of nitrogens with zero attached hydrogens (tertiary/aromatic N) is 1. The largest absolute Gasteiger partial charge is 0.481 e. The summed E-state index contributed by atoms with van der Waals surface area (Å²) in [5.41, 5.74) is 0.548. The zero-order chi connectivity index (χ0) is 14.9. The molecule has 1 fully saturated rings. The predicted molar refractivity (Wildman–Crippen MR) is 80.0 cm³/mol. The molecule has 1 saturated heterocycles. The van der Waals surface area contributed by atoms with Crippen molar-refractivity contribution in [2.45, 2.75) is 6.92 Å². The summed E-state index contributed by atoms with van der Waals surface area (Å²) in [5.74, 6) is -1.66. The monoisotopic (exact) mass is 392 g/mol. The number of carboxylic acids is 1. The van der Waals surface area contributed by atoms with Crippen LogP contribution in [0.2, 0.25) is 0 Å². The fraction of sp³-hybridized carbons (Fsp3) is 0.385. The molecule has 5 nitrogen and oxygen atoms in total. The first-order valence-electron chi connectivity index (χ1n) is 6.12. The number of hydrogen-bond acceptors (Lipinski definition) is 2. The molecule has 0 radical (unpaired) electrons. The predicted octanol–water partition coefficient (Wildman–Crippen LogP) is 2.61. The Hall–Kier alpha value is -1.38. The van der Waals surface area contributed by atoms with Gasteiger partial charge in [0.05, 0.1) is 11.6 Å². The van der Waals surface area contributed by atoms with Gasteiger partial charge in [0, 0.05) is 22.6 Å². The second kappa shape index (κ2) is 5.94. The summed E-state index contributed by atoms with van der Waals surface area (Å²) >= 11 is 1.95. The molecule has 1 aromatic carbocycles. The zero-order valence-corrected chi connectivity index (χ0v) is 12.9. The highest BCUT2D eigenvalue weighted by atomic mass is 127. The summed E-state index contributed by atoms with van der Waals surface area (Å²) < 4.78 is 13.6. The Morgan fingerprint density at radius 3 is 2.70 bits per heavy atom. The molecule has 0 saturated carbocycles. The molecule has 2 amide bonds. The molecule has 108 valence electrons. The van der Waals surface area contributed by atoms with Crippen molar-refractivity contribution in [2.75, 3.05) is 18.4 Å². The maximum absolute atomic E-state index is 13.0. The Morgan fingerprint density at radius 1 is 1.50 bits per heavy atom. The molecular formula is C13H14FIN2O3. The first-order valence-corrected chi connectivity index (χ1v) is 7.20. The van der Waals surface area contributed by atoms with Gasteiger partial charge in [0.25, 0.3) is 0 Å². The Kier molecular flexibility index (Phi) is 4.46. The number of halogens is 2. The number of anilines is 1. The van der Waals surface area contributed by atoms with E-state index < -0.39 is 11.9 Å². The van der Waals surface area contributed by atoms with E-state index in [2.05, 4.69) is 5.32 Å². The van der Waals surface area contributed by atoms with Crippen molar-refractivity contribution in [1.82, 2.24) is 4.90 Å². The van der Waals surface area contributed by atoms with Crippen LogP contribution in [-0.4, -0.2) is 35.1 Å². The first kappa shape index (κ1) is 15.0. The van der Waals surface area contributed by atoms with Crippen molar-refractivity contribution in [3.63, 3.8) is 0 Å². The molecular weight excluding hydrogens is 378 g/mol. The Morgan fingerprint density at radius 2 is 2.15 bits per heavy atom. The molecule has 1 aliphatic rings. The van der Waals surface area contributed by atoms with Crippen LogP contribution >= 0.6 is 22.6 Å². The fourth-order valence-electron chi connectivity index (χ4n) is 1.98. The number of aliphatic carboxylic acids is 1. The van der Waals surface area contributed by atoms with Crippen molar-refractivity contribution >= 4 is 40.3 Å². The quantitative estimate of drug-likeness (QED) is 0.778. The van der Waals surface area contributed by atoms with Crippen molar-refractivity contribution < 1.29 is 19.1 Å². The molecule has 0 spiro atoms. The zero-order valence-electron chi connectivity index (χ0n) is 10.8. The van der Waals surface area contributed by atoms with E-state index in [0.29, 0.717) is 22.3 Å². The summed E-state index contributed by atoms with van der Waals surface area (Å²) in [6, 6.07) is 3.83. The SMILES string of the molecule is CC(C(=O)O)C1CN(C(=O)Nc2ccc(F)cc2I)C1. The fourth-order valence-corrected chi connectivity index (χ4v) is 2.59. The van der Waals surface area contributed by atoms with E-state index in [9.17, 15) is 14.0 Å². The minimum Gasteiger partial charge on any atom is -0.481 e. The lowest BCUT2D eigenvalue weighted by Crippen LogP contribution is -2.54. The summed E-state index contributed by atoms with van der Waals surface area (Å²) in [7, 11) is 0. The minimum absolute atomic E-state index is 0.00876. The number of hydrogen-bond donors (Lipinski definition) is 2. The van der Waals surface area contributed by atoms with Crippen molar-refractivity contribution in [3.8, 4) is 0 Å². The number of carbonyl (C=O) groups excluding carboxylic acids is 1. The number of amides is 2. The van der Waals surface area contributed by atoms with Gasteiger partial charge in [-0.1, -0.05) is 6.92 Å². The number of urea groups is 1. The Bertz CT molecular complexity index is 546. The van der Waals surface area contributed by atoms with Crippen LogP contribution in [0, 0.1) is 21.2 Å². The molecule has 0 bridgehead atoms. The molecule has 1 aliphatic heterocycles. The van der Waals surface area contributed by atoms with E-state index in [0.717, 1.165) is 0 Å². The molecule has 1 atom stereocenters. The van der Waals surface area contributed by atoms with Gasteiger partial charge in [0.1, 0.15) is 5.82 Å². The van der Waals surface area contributed by atoms with Crippen LogP contribution in [0.3, 0.4) is 0 Å². The maximum Gasteiger partial charge on any atom is 0.321 e. The number of rotatable bonds is 3. The number of carboxylic acid groups (broad SMARTS) is 1. The van der Waals surface area contributed by atoms with Crippen molar-refractivity contribution in [2.24, 2.45) is 11.8 Å². The van der Waals surface area contributed by atoms with Gasteiger partial charge in [0.15, 0.2) is 0 Å². The van der Waals surface area contributed by atoms with Crippen LogP contribution in [0.15, 0.2) is 18.2 Å². The van der Waals surface area contributed by atoms with E-state index in [1.165, 1.54) is 18.2 Å². The molecule has 1 aromatic rings. The third-order valence-electron chi connectivity index (χ3n) is 3.47. The summed E-state index contributed by atoms with van der Waals surface area (Å²) in [5, 5.41) is 11.6. The topological polar surface area (TPSA) is 69.6 Å². The summed E-state index contributed by atoms with van der Waals surface area (Å²) in [6.45, 7) is 2.50. The van der Waals surface area contributed by atoms with Gasteiger partial charge in [-0.15, -0.1) is 0 Å². The maximum atomic E-state index is 13.0. The highest BCUT2D eigenvalue weighted by Crippen LogP contribution is 2.26. The van der Waals surface area contributed by atoms with E-state index in [4.69, 9.17) is 5.11 Å². The van der Waals surface area contributed by atoms with Crippen LogP contribution in [0.25, 0.3) is 0 Å². The van der Waals surface area contributed by atoms with Gasteiger partial charge in [0.2, 0.25) is 0 Å². The summed E-state index contributed by atoms with van der Waals surface area (Å²) in [4.78, 5) is 24.3. The van der Waals surface area contributed by atoms with Crippen LogP contribution in [0.5, 0.6) is 0 Å². The lowest BCUT2D eigenvalue weighted by Gasteiger charge is -2.41. The second-order valence-electron chi connectivity index (χ2n) is 4.85. The van der Waals surface area contributed by atoms with Crippen molar-refractivity contribution in [3.05, 3.63) is 27.6 Å². The van der Waals surface area contributed by atoms with Crippen LogP contribution in [0.1, 0.15) is 6.92 Å². The third-order valence-corrected chi connectivity index (χ3v) is 4.36. The molecule has 1 unspecified atom stereocenters. The average molecular weight is 392 g/mol. The molecule has 20 heavy (non-hydrogen) atoms. The smallest absolute Gasteiger partial charge is 0.321 e. The molecule has 0 aliphatic carbocycles. The Labute approximate surface area is 129 Å². The summed E-state index contributed by atoms with van der Waals surface area (Å²) in [6.07, 6.45) is 0. The van der Waals surface area contributed by atoms with Gasteiger partial charge in [-0.25, -0.2) is 9.18 Å². The molecule has 2 N–H and O–H groups in total. The standard InChI is InChI=1S/C13H14FIN2O3/c1-7(12(18)19)8-5-17(6-8)13(20)16-11-3-2-9(14)4-10(11)15/h2-4,7-8H,5-6H2,1H3,(H,16,20)(H,18,19). The lowest BCUT2D eigenvalue weighted by atomic mass is 9.87. The molecule has 2 rings (SSSR count).